The number of likely N-dealkylation sites (tertiary alicyclic amines) is 1. The van der Waals surface area contributed by atoms with E-state index in [2.05, 4.69) is 15.2 Å². The Labute approximate surface area is 151 Å². The Balaban J connectivity index is 1.49. The first kappa shape index (κ1) is 18.2. The first-order chi connectivity index (χ1) is 12.2. The lowest BCUT2D eigenvalue weighted by atomic mass is 9.88. The zero-order chi connectivity index (χ0) is 17.5. The van der Waals surface area contributed by atoms with E-state index in [1.54, 1.807) is 12.3 Å². The molecule has 2 heterocycles. The Morgan fingerprint density at radius 1 is 1.24 bits per heavy atom. The van der Waals surface area contributed by atoms with Crippen molar-refractivity contribution in [3.05, 3.63) is 23.9 Å². The normalized spacial score (nSPS) is 22.5. The Morgan fingerprint density at radius 3 is 2.80 bits per heavy atom. The molecule has 25 heavy (non-hydrogen) atoms. The third-order valence-corrected chi connectivity index (χ3v) is 5.37. The predicted octanol–water partition coefficient (Wildman–Crippen LogP) is 3.71. The van der Waals surface area contributed by atoms with E-state index in [0.29, 0.717) is 18.2 Å². The van der Waals surface area contributed by atoms with E-state index in [1.165, 1.54) is 58.0 Å². The number of carbonyl (C=O) groups is 1. The molecule has 1 saturated carbocycles. The van der Waals surface area contributed by atoms with E-state index in [4.69, 9.17) is 4.74 Å². The number of rotatable bonds is 6. The van der Waals surface area contributed by atoms with E-state index >= 15 is 0 Å². The highest BCUT2D eigenvalue weighted by Crippen LogP contribution is 2.26. The van der Waals surface area contributed by atoms with Gasteiger partial charge in [0.2, 0.25) is 0 Å². The van der Waals surface area contributed by atoms with E-state index in [-0.39, 0.29) is 5.97 Å². The van der Waals surface area contributed by atoms with E-state index in [0.717, 1.165) is 18.3 Å². The van der Waals surface area contributed by atoms with Crippen LogP contribution in [-0.4, -0.2) is 48.1 Å². The van der Waals surface area contributed by atoms with Crippen molar-refractivity contribution < 1.29 is 9.53 Å². The topological polar surface area (TPSA) is 54.5 Å². The van der Waals surface area contributed by atoms with Crippen LogP contribution in [0.1, 0.15) is 62.2 Å². The van der Waals surface area contributed by atoms with Gasteiger partial charge in [0.25, 0.3) is 0 Å². The van der Waals surface area contributed by atoms with Gasteiger partial charge in [-0.2, -0.15) is 0 Å². The fourth-order valence-electron chi connectivity index (χ4n) is 4.10. The van der Waals surface area contributed by atoms with Crippen LogP contribution in [0, 0.1) is 5.92 Å². The lowest BCUT2D eigenvalue weighted by Crippen LogP contribution is -2.44. The van der Waals surface area contributed by atoms with Crippen LogP contribution in [0.4, 0.5) is 5.82 Å². The molecule has 5 heteroatoms. The van der Waals surface area contributed by atoms with E-state index in [1.807, 2.05) is 13.0 Å². The zero-order valence-corrected chi connectivity index (χ0v) is 15.4. The highest BCUT2D eigenvalue weighted by Gasteiger charge is 2.23. The standard InChI is InChI=1S/C20H31N3O2/c1-2-25-20(24)17-10-11-19(21-13-17)22-18-9-6-12-23(15-18)14-16-7-4-3-5-8-16/h10-11,13,16,18H,2-9,12,14-15H2,1H3,(H,21,22)/t18-/m0/s1. The first-order valence-electron chi connectivity index (χ1n) is 9.86. The molecular formula is C20H31N3O2. The van der Waals surface area contributed by atoms with E-state index < -0.39 is 0 Å². The number of nitrogens with one attached hydrogen (secondary N) is 1. The minimum atomic E-state index is -0.308. The average molecular weight is 345 g/mol. The van der Waals surface area contributed by atoms with Crippen molar-refractivity contribution in [2.75, 3.05) is 31.6 Å². The van der Waals surface area contributed by atoms with Gasteiger partial charge in [0.05, 0.1) is 12.2 Å². The summed E-state index contributed by atoms with van der Waals surface area (Å²) in [5, 5.41) is 3.54. The molecule has 2 fully saturated rings. The van der Waals surface area contributed by atoms with Crippen LogP contribution in [0.25, 0.3) is 0 Å². The molecule has 0 radical (unpaired) electrons. The fourth-order valence-corrected chi connectivity index (χ4v) is 4.10. The van der Waals surface area contributed by atoms with Gasteiger partial charge in [-0.3, -0.25) is 0 Å². The molecule has 0 aromatic carbocycles. The molecule has 3 rings (SSSR count). The number of ether oxygens (including phenoxy) is 1. The van der Waals surface area contributed by atoms with Crippen LogP contribution >= 0.6 is 0 Å². The molecule has 1 saturated heterocycles. The molecule has 1 aromatic rings. The molecule has 138 valence electrons. The fraction of sp³-hybridized carbons (Fsp3) is 0.700. The molecule has 1 aliphatic carbocycles. The number of aromatic nitrogens is 1. The van der Waals surface area contributed by atoms with Crippen LogP contribution < -0.4 is 5.32 Å². The summed E-state index contributed by atoms with van der Waals surface area (Å²) in [5.74, 6) is 1.44. The van der Waals surface area contributed by atoms with Crippen LogP contribution in [-0.2, 0) is 4.74 Å². The molecule has 0 unspecified atom stereocenters. The number of pyridine rings is 1. The summed E-state index contributed by atoms with van der Waals surface area (Å²) in [6, 6.07) is 4.11. The van der Waals surface area contributed by atoms with Crippen LogP contribution in [0.2, 0.25) is 0 Å². The highest BCUT2D eigenvalue weighted by atomic mass is 16.5. The smallest absolute Gasteiger partial charge is 0.339 e. The largest absolute Gasteiger partial charge is 0.462 e. The molecule has 1 atom stereocenters. The third-order valence-electron chi connectivity index (χ3n) is 5.37. The summed E-state index contributed by atoms with van der Waals surface area (Å²) in [6.45, 7) is 5.77. The number of esters is 1. The summed E-state index contributed by atoms with van der Waals surface area (Å²) < 4.78 is 5.00. The molecule has 2 aliphatic rings. The van der Waals surface area contributed by atoms with Crippen molar-refractivity contribution in [3.8, 4) is 0 Å². The number of nitrogens with zero attached hydrogens (tertiary/aromatic N) is 2. The average Bonchev–Trinajstić information content (AvgIpc) is 2.64. The van der Waals surface area contributed by atoms with Gasteiger partial charge in [0.1, 0.15) is 5.82 Å². The lowest BCUT2D eigenvalue weighted by Gasteiger charge is -2.36. The molecule has 5 nitrogen and oxygen atoms in total. The van der Waals surface area contributed by atoms with Crippen molar-refractivity contribution in [1.82, 2.24) is 9.88 Å². The summed E-state index contributed by atoms with van der Waals surface area (Å²) >= 11 is 0. The second kappa shape index (κ2) is 9.18. The van der Waals surface area contributed by atoms with Gasteiger partial charge in [0, 0.05) is 25.3 Å². The SMILES string of the molecule is CCOC(=O)c1ccc(N[C@H]2CCCN(CC3CCCCC3)C2)nc1. The number of carbonyl (C=O) groups excluding carboxylic acids is 1. The Morgan fingerprint density at radius 2 is 2.08 bits per heavy atom. The molecule has 1 N–H and O–H groups in total. The molecule has 1 aliphatic heterocycles. The van der Waals surface area contributed by atoms with Crippen LogP contribution in [0.15, 0.2) is 18.3 Å². The molecular weight excluding hydrogens is 314 g/mol. The van der Waals surface area contributed by atoms with Gasteiger partial charge in [0.15, 0.2) is 0 Å². The van der Waals surface area contributed by atoms with Crippen molar-refractivity contribution in [1.29, 1.82) is 0 Å². The second-order valence-electron chi connectivity index (χ2n) is 7.40. The second-order valence-corrected chi connectivity index (χ2v) is 7.40. The van der Waals surface area contributed by atoms with Crippen LogP contribution in [0.5, 0.6) is 0 Å². The molecule has 0 spiro atoms. The Kier molecular flexibility index (Phi) is 6.68. The van der Waals surface area contributed by atoms with Crippen molar-refractivity contribution in [2.45, 2.75) is 57.9 Å². The van der Waals surface area contributed by atoms with Gasteiger partial charge in [-0.05, 0) is 57.2 Å². The number of hydrogen-bond donors (Lipinski definition) is 1. The third kappa shape index (κ3) is 5.43. The van der Waals surface area contributed by atoms with Gasteiger partial charge < -0.3 is 15.0 Å². The minimum absolute atomic E-state index is 0.308. The van der Waals surface area contributed by atoms with Gasteiger partial charge in [-0.15, -0.1) is 0 Å². The maximum Gasteiger partial charge on any atom is 0.339 e. The van der Waals surface area contributed by atoms with Gasteiger partial charge in [-0.25, -0.2) is 9.78 Å². The van der Waals surface area contributed by atoms with Crippen molar-refractivity contribution in [3.63, 3.8) is 0 Å². The van der Waals surface area contributed by atoms with E-state index in [9.17, 15) is 4.79 Å². The molecule has 0 amide bonds. The quantitative estimate of drug-likeness (QED) is 0.797. The summed E-state index contributed by atoms with van der Waals surface area (Å²) in [7, 11) is 0. The number of hydrogen-bond acceptors (Lipinski definition) is 5. The Bertz CT molecular complexity index is 540. The summed E-state index contributed by atoms with van der Waals surface area (Å²) in [6.07, 6.45) is 11.1. The summed E-state index contributed by atoms with van der Waals surface area (Å²) in [4.78, 5) is 18.7. The minimum Gasteiger partial charge on any atom is -0.462 e. The van der Waals surface area contributed by atoms with Gasteiger partial charge >= 0.3 is 5.97 Å². The maximum atomic E-state index is 11.7. The van der Waals surface area contributed by atoms with Gasteiger partial charge in [-0.1, -0.05) is 19.3 Å². The van der Waals surface area contributed by atoms with Crippen LogP contribution in [0.3, 0.4) is 0 Å². The maximum absolute atomic E-state index is 11.7. The molecule has 0 bridgehead atoms. The first-order valence-corrected chi connectivity index (χ1v) is 9.86. The van der Waals surface area contributed by atoms with Crippen molar-refractivity contribution in [2.24, 2.45) is 5.92 Å². The lowest BCUT2D eigenvalue weighted by molar-refractivity contribution is 0.0526. The number of piperidine rings is 1. The summed E-state index contributed by atoms with van der Waals surface area (Å²) in [5.41, 5.74) is 0.509. The highest BCUT2D eigenvalue weighted by molar-refractivity contribution is 5.89. The monoisotopic (exact) mass is 345 g/mol. The zero-order valence-electron chi connectivity index (χ0n) is 15.4. The Hall–Kier alpha value is -1.62. The van der Waals surface area contributed by atoms with Crippen molar-refractivity contribution >= 4 is 11.8 Å². The molecule has 1 aromatic heterocycles. The number of anilines is 1. The predicted molar refractivity (Wildman–Crippen MR) is 99.9 cm³/mol.